The van der Waals surface area contributed by atoms with Gasteiger partial charge in [0.05, 0.1) is 4.47 Å². The number of carbonyl (C=O) groups excluding carboxylic acids is 2. The monoisotopic (exact) mass is 570 g/mol. The fraction of sp³-hybridized carbons (Fsp3) is 0.462. The summed E-state index contributed by atoms with van der Waals surface area (Å²) in [6, 6.07) is 10.2. The molecule has 0 saturated carbocycles. The second kappa shape index (κ2) is 12.3. The summed E-state index contributed by atoms with van der Waals surface area (Å²) in [6.45, 7) is 11.7. The quantitative estimate of drug-likeness (QED) is 0.353. The van der Waals surface area contributed by atoms with Gasteiger partial charge in [-0.15, -0.1) is 0 Å². The Kier molecular flexibility index (Phi) is 10.3. The van der Waals surface area contributed by atoms with Crippen molar-refractivity contribution < 1.29 is 14.3 Å². The van der Waals surface area contributed by atoms with Crippen LogP contribution < -0.4 is 10.1 Å². The number of benzene rings is 2. The van der Waals surface area contributed by atoms with Gasteiger partial charge in [-0.1, -0.05) is 56.1 Å². The minimum absolute atomic E-state index is 0.154. The Balaban J connectivity index is 2.29. The van der Waals surface area contributed by atoms with Crippen LogP contribution in [0.4, 0.5) is 0 Å². The Labute approximate surface area is 221 Å². The number of amides is 2. The van der Waals surface area contributed by atoms with Crippen LogP contribution in [-0.2, 0) is 16.1 Å². The van der Waals surface area contributed by atoms with Crippen molar-refractivity contribution in [3.8, 4) is 5.75 Å². The SMILES string of the molecule is CCC(C(=O)NC(C)(C)C)N(Cc1ccc(Cl)cc1Cl)C(=O)COc1ccc(C(C)C)cc1Br. The van der Waals surface area contributed by atoms with Crippen LogP contribution in [0.2, 0.25) is 10.0 Å². The molecule has 2 aromatic rings. The van der Waals surface area contributed by atoms with Gasteiger partial charge in [0.1, 0.15) is 11.8 Å². The Morgan fingerprint density at radius 3 is 2.32 bits per heavy atom. The fourth-order valence-electron chi connectivity index (χ4n) is 3.42. The lowest BCUT2D eigenvalue weighted by molar-refractivity contribution is -0.143. The van der Waals surface area contributed by atoms with E-state index in [1.165, 1.54) is 4.90 Å². The van der Waals surface area contributed by atoms with Crippen molar-refractivity contribution in [2.75, 3.05) is 6.61 Å². The van der Waals surface area contributed by atoms with Gasteiger partial charge < -0.3 is 15.0 Å². The van der Waals surface area contributed by atoms with E-state index in [4.69, 9.17) is 27.9 Å². The van der Waals surface area contributed by atoms with Gasteiger partial charge in [-0.2, -0.15) is 0 Å². The third-order valence-corrected chi connectivity index (χ3v) is 6.42. The van der Waals surface area contributed by atoms with E-state index in [9.17, 15) is 9.59 Å². The highest BCUT2D eigenvalue weighted by molar-refractivity contribution is 9.10. The lowest BCUT2D eigenvalue weighted by Gasteiger charge is -2.33. The van der Waals surface area contributed by atoms with Crippen molar-refractivity contribution >= 4 is 50.9 Å². The van der Waals surface area contributed by atoms with E-state index in [0.717, 1.165) is 10.0 Å². The van der Waals surface area contributed by atoms with E-state index in [0.29, 0.717) is 33.7 Å². The first kappa shape index (κ1) is 28.5. The zero-order valence-corrected chi connectivity index (χ0v) is 23.6. The zero-order chi connectivity index (χ0) is 25.6. The molecule has 34 heavy (non-hydrogen) atoms. The van der Waals surface area contributed by atoms with Gasteiger partial charge in [0.25, 0.3) is 5.91 Å². The normalized spacial score (nSPS) is 12.4. The molecule has 1 unspecified atom stereocenters. The van der Waals surface area contributed by atoms with Gasteiger partial charge in [-0.3, -0.25) is 9.59 Å². The minimum atomic E-state index is -0.686. The van der Waals surface area contributed by atoms with Crippen LogP contribution >= 0.6 is 39.1 Å². The molecule has 1 N–H and O–H groups in total. The molecule has 0 fully saturated rings. The predicted molar refractivity (Wildman–Crippen MR) is 143 cm³/mol. The largest absolute Gasteiger partial charge is 0.483 e. The number of nitrogens with one attached hydrogen (secondary N) is 1. The molecular formula is C26H33BrCl2N2O3. The van der Waals surface area contributed by atoms with E-state index >= 15 is 0 Å². The van der Waals surface area contributed by atoms with Crippen LogP contribution in [0.5, 0.6) is 5.75 Å². The zero-order valence-electron chi connectivity index (χ0n) is 20.5. The van der Waals surface area contributed by atoms with E-state index in [2.05, 4.69) is 35.1 Å². The summed E-state index contributed by atoms with van der Waals surface area (Å²) in [6.07, 6.45) is 0.436. The average molecular weight is 572 g/mol. The molecule has 0 saturated heterocycles. The summed E-state index contributed by atoms with van der Waals surface area (Å²) in [5.41, 5.74) is 1.43. The maximum atomic E-state index is 13.4. The molecule has 5 nitrogen and oxygen atoms in total. The Morgan fingerprint density at radius 2 is 1.79 bits per heavy atom. The summed E-state index contributed by atoms with van der Waals surface area (Å²) in [4.78, 5) is 28.0. The van der Waals surface area contributed by atoms with Crippen LogP contribution in [0.25, 0.3) is 0 Å². The molecule has 1 atom stereocenters. The molecule has 2 rings (SSSR count). The Morgan fingerprint density at radius 1 is 1.12 bits per heavy atom. The molecule has 0 aromatic heterocycles. The number of hydrogen-bond acceptors (Lipinski definition) is 3. The summed E-state index contributed by atoms with van der Waals surface area (Å²) in [5, 5.41) is 3.92. The van der Waals surface area contributed by atoms with Gasteiger partial charge >= 0.3 is 0 Å². The summed E-state index contributed by atoms with van der Waals surface area (Å²) in [7, 11) is 0. The molecule has 0 heterocycles. The molecule has 2 amide bonds. The van der Waals surface area contributed by atoms with Crippen molar-refractivity contribution in [3.63, 3.8) is 0 Å². The van der Waals surface area contributed by atoms with Gasteiger partial charge in [0.2, 0.25) is 5.91 Å². The topological polar surface area (TPSA) is 58.6 Å². The van der Waals surface area contributed by atoms with Crippen LogP contribution in [0.15, 0.2) is 40.9 Å². The maximum absolute atomic E-state index is 13.4. The number of carbonyl (C=O) groups is 2. The molecular weight excluding hydrogens is 539 g/mol. The van der Waals surface area contributed by atoms with Crippen molar-refractivity contribution in [1.29, 1.82) is 0 Å². The van der Waals surface area contributed by atoms with Gasteiger partial charge in [0.15, 0.2) is 6.61 Å². The summed E-state index contributed by atoms with van der Waals surface area (Å²) >= 11 is 16.0. The Hall–Kier alpha value is -1.76. The molecule has 8 heteroatoms. The first-order chi connectivity index (χ1) is 15.8. The first-order valence-electron chi connectivity index (χ1n) is 11.3. The number of hydrogen-bond donors (Lipinski definition) is 1. The van der Waals surface area contributed by atoms with Crippen LogP contribution in [0.1, 0.15) is 65.0 Å². The number of rotatable bonds is 9. The third-order valence-electron chi connectivity index (χ3n) is 5.21. The van der Waals surface area contributed by atoms with Gasteiger partial charge in [0, 0.05) is 22.1 Å². The van der Waals surface area contributed by atoms with Gasteiger partial charge in [-0.05, 0) is 84.4 Å². The fourth-order valence-corrected chi connectivity index (χ4v) is 4.40. The third kappa shape index (κ3) is 8.17. The smallest absolute Gasteiger partial charge is 0.261 e. The minimum Gasteiger partial charge on any atom is -0.483 e. The number of halogens is 3. The van der Waals surface area contributed by atoms with E-state index in [-0.39, 0.29) is 25.0 Å². The van der Waals surface area contributed by atoms with Crippen molar-refractivity contribution in [2.45, 2.75) is 72.0 Å². The van der Waals surface area contributed by atoms with Gasteiger partial charge in [-0.25, -0.2) is 0 Å². The van der Waals surface area contributed by atoms with Crippen LogP contribution in [-0.4, -0.2) is 34.9 Å². The second-order valence-electron chi connectivity index (χ2n) is 9.55. The predicted octanol–water partition coefficient (Wildman–Crippen LogP) is 6.98. The molecule has 0 spiro atoms. The highest BCUT2D eigenvalue weighted by Crippen LogP contribution is 2.29. The lowest BCUT2D eigenvalue weighted by Crippen LogP contribution is -2.54. The standard InChI is InChI=1S/C26H33BrCl2N2O3/c1-7-22(25(33)30-26(4,5)6)31(14-18-8-10-19(28)13-21(18)29)24(32)15-34-23-11-9-17(16(2)3)12-20(23)27/h8-13,16,22H,7,14-15H2,1-6H3,(H,30,33). The second-order valence-corrected chi connectivity index (χ2v) is 11.3. The van der Waals surface area contributed by atoms with Crippen molar-refractivity contribution in [3.05, 3.63) is 62.0 Å². The molecule has 0 aliphatic rings. The number of nitrogens with zero attached hydrogens (tertiary/aromatic N) is 1. The first-order valence-corrected chi connectivity index (χ1v) is 12.8. The highest BCUT2D eigenvalue weighted by Gasteiger charge is 2.31. The molecule has 0 bridgehead atoms. The lowest BCUT2D eigenvalue weighted by atomic mass is 10.0. The molecule has 0 aliphatic carbocycles. The van der Waals surface area contributed by atoms with E-state index in [1.54, 1.807) is 18.2 Å². The summed E-state index contributed by atoms with van der Waals surface area (Å²) < 4.78 is 6.63. The number of ether oxygens (including phenoxy) is 1. The Bertz CT molecular complexity index is 1020. The van der Waals surface area contributed by atoms with E-state index < -0.39 is 11.6 Å². The maximum Gasteiger partial charge on any atom is 0.261 e. The van der Waals surface area contributed by atoms with Crippen LogP contribution in [0, 0.1) is 0 Å². The molecule has 186 valence electrons. The van der Waals surface area contributed by atoms with Crippen molar-refractivity contribution in [2.24, 2.45) is 0 Å². The average Bonchev–Trinajstić information content (AvgIpc) is 2.72. The van der Waals surface area contributed by atoms with Crippen LogP contribution in [0.3, 0.4) is 0 Å². The highest BCUT2D eigenvalue weighted by atomic mass is 79.9. The summed E-state index contributed by atoms with van der Waals surface area (Å²) in [5.74, 6) is 0.394. The van der Waals surface area contributed by atoms with Crippen molar-refractivity contribution in [1.82, 2.24) is 10.2 Å². The molecule has 0 radical (unpaired) electrons. The molecule has 2 aromatic carbocycles. The molecule has 0 aliphatic heterocycles. The van der Waals surface area contributed by atoms with E-state index in [1.807, 2.05) is 45.9 Å².